The van der Waals surface area contributed by atoms with Crippen molar-refractivity contribution < 1.29 is 13.9 Å². The molecule has 1 aromatic heterocycles. The Morgan fingerprint density at radius 2 is 1.72 bits per heavy atom. The summed E-state index contributed by atoms with van der Waals surface area (Å²) in [6.07, 6.45) is 1.02. The van der Waals surface area contributed by atoms with E-state index in [4.69, 9.17) is 21.1 Å². The molecule has 0 saturated carbocycles. The third-order valence-corrected chi connectivity index (χ3v) is 2.52. The number of aromatic nitrogens is 2. The first-order valence-corrected chi connectivity index (χ1v) is 5.43. The maximum absolute atomic E-state index is 13.7. The van der Waals surface area contributed by atoms with Crippen LogP contribution < -0.4 is 9.47 Å². The van der Waals surface area contributed by atoms with E-state index in [0.29, 0.717) is 17.1 Å². The van der Waals surface area contributed by atoms with Gasteiger partial charge in [0.05, 0.1) is 20.4 Å². The van der Waals surface area contributed by atoms with E-state index < -0.39 is 5.82 Å². The van der Waals surface area contributed by atoms with Crippen molar-refractivity contribution in [1.29, 1.82) is 0 Å². The highest BCUT2D eigenvalue weighted by Gasteiger charge is 2.11. The fourth-order valence-electron chi connectivity index (χ4n) is 1.49. The second-order valence-corrected chi connectivity index (χ2v) is 3.77. The van der Waals surface area contributed by atoms with Gasteiger partial charge in [0.2, 0.25) is 5.28 Å². The molecule has 0 fully saturated rings. The van der Waals surface area contributed by atoms with Gasteiger partial charge in [-0.2, -0.15) is 0 Å². The Morgan fingerprint density at radius 3 is 2.28 bits per heavy atom. The zero-order chi connectivity index (χ0) is 13.1. The van der Waals surface area contributed by atoms with E-state index in [9.17, 15) is 4.39 Å². The predicted molar refractivity (Wildman–Crippen MR) is 65.5 cm³/mol. The molecule has 0 N–H and O–H groups in total. The van der Waals surface area contributed by atoms with Gasteiger partial charge >= 0.3 is 0 Å². The summed E-state index contributed by atoms with van der Waals surface area (Å²) in [4.78, 5) is 7.43. The molecule has 0 aliphatic heterocycles. The Morgan fingerprint density at radius 1 is 1.11 bits per heavy atom. The first kappa shape index (κ1) is 12.6. The van der Waals surface area contributed by atoms with Crippen molar-refractivity contribution >= 4 is 11.6 Å². The minimum absolute atomic E-state index is 0.0202. The number of nitrogens with zero attached hydrogens (tertiary/aromatic N) is 2. The summed E-state index contributed by atoms with van der Waals surface area (Å²) in [5.41, 5.74) is 0.611. The van der Waals surface area contributed by atoms with Gasteiger partial charge in [0, 0.05) is 11.6 Å². The smallest absolute Gasteiger partial charge is 0.223 e. The zero-order valence-corrected chi connectivity index (χ0v) is 10.5. The second kappa shape index (κ2) is 5.18. The highest BCUT2D eigenvalue weighted by Crippen LogP contribution is 2.30. The molecular weight excluding hydrogens is 259 g/mol. The van der Waals surface area contributed by atoms with Crippen molar-refractivity contribution in [2.24, 2.45) is 0 Å². The summed E-state index contributed by atoms with van der Waals surface area (Å²) in [6.45, 7) is 0. The molecule has 0 aliphatic rings. The van der Waals surface area contributed by atoms with E-state index >= 15 is 0 Å². The number of rotatable bonds is 3. The summed E-state index contributed by atoms with van der Waals surface area (Å²) in [5.74, 6) is 0.520. The van der Waals surface area contributed by atoms with Crippen molar-refractivity contribution in [2.45, 2.75) is 0 Å². The molecule has 0 atom stereocenters. The van der Waals surface area contributed by atoms with Crippen LogP contribution in [0.4, 0.5) is 4.39 Å². The quantitative estimate of drug-likeness (QED) is 0.803. The van der Waals surface area contributed by atoms with Crippen LogP contribution in [-0.2, 0) is 0 Å². The fraction of sp³-hybridized carbons (Fsp3) is 0.167. The summed E-state index contributed by atoms with van der Waals surface area (Å²) in [7, 11) is 3.03. The maximum atomic E-state index is 13.7. The van der Waals surface area contributed by atoms with Crippen LogP contribution in [0.1, 0.15) is 0 Å². The van der Waals surface area contributed by atoms with Gasteiger partial charge in [-0.25, -0.2) is 14.4 Å². The summed E-state index contributed by atoms with van der Waals surface area (Å²) in [6, 6.07) is 4.97. The number of hydrogen-bond acceptors (Lipinski definition) is 4. The number of hydrogen-bond donors (Lipinski definition) is 0. The SMILES string of the molecule is COc1cc(OC)cc(-c2nc(Cl)ncc2F)c1. The third kappa shape index (κ3) is 2.51. The van der Waals surface area contributed by atoms with Crippen LogP contribution in [0.3, 0.4) is 0 Å². The normalized spacial score (nSPS) is 10.2. The van der Waals surface area contributed by atoms with Gasteiger partial charge in [0.25, 0.3) is 0 Å². The summed E-state index contributed by atoms with van der Waals surface area (Å²) >= 11 is 5.66. The number of benzene rings is 1. The molecule has 2 aromatic rings. The van der Waals surface area contributed by atoms with Crippen LogP contribution in [-0.4, -0.2) is 24.2 Å². The lowest BCUT2D eigenvalue weighted by atomic mass is 10.1. The van der Waals surface area contributed by atoms with Crippen LogP contribution >= 0.6 is 11.6 Å². The number of halogens is 2. The first-order valence-electron chi connectivity index (χ1n) is 5.05. The van der Waals surface area contributed by atoms with Crippen molar-refractivity contribution in [3.05, 3.63) is 35.5 Å². The van der Waals surface area contributed by atoms with E-state index in [0.717, 1.165) is 6.20 Å². The molecular formula is C12H10ClFN2O2. The molecule has 0 radical (unpaired) electrons. The zero-order valence-electron chi connectivity index (χ0n) is 9.78. The average Bonchev–Trinajstić information content (AvgIpc) is 2.40. The number of methoxy groups -OCH3 is 2. The monoisotopic (exact) mass is 268 g/mol. The Balaban J connectivity index is 2.58. The molecule has 0 spiro atoms. The van der Waals surface area contributed by atoms with E-state index in [2.05, 4.69) is 9.97 Å². The molecule has 0 amide bonds. The Hall–Kier alpha value is -1.88. The van der Waals surface area contributed by atoms with E-state index in [1.807, 2.05) is 0 Å². The molecule has 2 rings (SSSR count). The summed E-state index contributed by atoms with van der Waals surface area (Å²) in [5, 5.41) is -0.0202. The summed E-state index contributed by atoms with van der Waals surface area (Å²) < 4.78 is 23.9. The van der Waals surface area contributed by atoms with Crippen LogP contribution in [0, 0.1) is 5.82 Å². The Bertz CT molecular complexity index is 556. The number of ether oxygens (including phenoxy) is 2. The highest BCUT2D eigenvalue weighted by molar-refractivity contribution is 6.28. The van der Waals surface area contributed by atoms with Gasteiger partial charge in [0.15, 0.2) is 5.82 Å². The molecule has 0 saturated heterocycles. The molecule has 0 aliphatic carbocycles. The van der Waals surface area contributed by atoms with E-state index in [-0.39, 0.29) is 11.0 Å². The highest BCUT2D eigenvalue weighted by atomic mass is 35.5. The molecule has 0 bridgehead atoms. The molecule has 0 unspecified atom stereocenters. The van der Waals surface area contributed by atoms with E-state index in [1.54, 1.807) is 18.2 Å². The largest absolute Gasteiger partial charge is 0.497 e. The standard InChI is InChI=1S/C12H10ClFN2O2/c1-17-8-3-7(4-9(5-8)18-2)11-10(14)6-15-12(13)16-11/h3-6H,1-2H3. The lowest BCUT2D eigenvalue weighted by molar-refractivity contribution is 0.394. The lowest BCUT2D eigenvalue weighted by Crippen LogP contribution is -1.94. The van der Waals surface area contributed by atoms with Gasteiger partial charge in [-0.05, 0) is 23.7 Å². The molecule has 94 valence electrons. The van der Waals surface area contributed by atoms with Gasteiger partial charge < -0.3 is 9.47 Å². The minimum Gasteiger partial charge on any atom is -0.497 e. The van der Waals surface area contributed by atoms with Crippen LogP contribution in [0.15, 0.2) is 24.4 Å². The maximum Gasteiger partial charge on any atom is 0.223 e. The van der Waals surface area contributed by atoms with E-state index in [1.165, 1.54) is 14.2 Å². The van der Waals surface area contributed by atoms with Gasteiger partial charge in [-0.15, -0.1) is 0 Å². The van der Waals surface area contributed by atoms with Crippen LogP contribution in [0.5, 0.6) is 11.5 Å². The average molecular weight is 269 g/mol. The Kier molecular flexibility index (Phi) is 3.62. The molecule has 18 heavy (non-hydrogen) atoms. The van der Waals surface area contributed by atoms with Gasteiger partial charge in [-0.3, -0.25) is 0 Å². The molecule has 6 heteroatoms. The van der Waals surface area contributed by atoms with Crippen LogP contribution in [0.25, 0.3) is 11.3 Å². The second-order valence-electron chi connectivity index (χ2n) is 3.44. The molecule has 4 nitrogen and oxygen atoms in total. The minimum atomic E-state index is -0.560. The van der Waals surface area contributed by atoms with Crippen molar-refractivity contribution in [1.82, 2.24) is 9.97 Å². The van der Waals surface area contributed by atoms with Gasteiger partial charge in [0.1, 0.15) is 17.2 Å². The van der Waals surface area contributed by atoms with Crippen molar-refractivity contribution in [3.8, 4) is 22.8 Å². The van der Waals surface area contributed by atoms with Gasteiger partial charge in [-0.1, -0.05) is 0 Å². The van der Waals surface area contributed by atoms with Crippen molar-refractivity contribution in [3.63, 3.8) is 0 Å². The predicted octanol–water partition coefficient (Wildman–Crippen LogP) is 2.95. The Labute approximate surface area is 108 Å². The van der Waals surface area contributed by atoms with Crippen molar-refractivity contribution in [2.75, 3.05) is 14.2 Å². The van der Waals surface area contributed by atoms with Crippen LogP contribution in [0.2, 0.25) is 5.28 Å². The molecule has 1 aromatic carbocycles. The lowest BCUT2D eigenvalue weighted by Gasteiger charge is -2.08. The third-order valence-electron chi connectivity index (χ3n) is 2.34. The fourth-order valence-corrected chi connectivity index (χ4v) is 1.63. The first-order chi connectivity index (χ1) is 8.63. The topological polar surface area (TPSA) is 44.2 Å². The molecule has 1 heterocycles.